The molecule has 1 fully saturated rings. The number of aromatic nitrogens is 3. The summed E-state index contributed by atoms with van der Waals surface area (Å²) >= 11 is 0. The third-order valence-electron chi connectivity index (χ3n) is 7.20. The number of nitrogens with zero attached hydrogens (tertiary/aromatic N) is 5. The molecule has 1 aromatic carbocycles. The van der Waals surface area contributed by atoms with Gasteiger partial charge in [0.1, 0.15) is 11.6 Å². The Morgan fingerprint density at radius 3 is 2.36 bits per heavy atom. The van der Waals surface area contributed by atoms with Crippen molar-refractivity contribution in [2.24, 2.45) is 5.92 Å². The lowest BCUT2D eigenvalue weighted by Crippen LogP contribution is -2.37. The normalized spacial score (nSPS) is 15.8. The Labute approximate surface area is 228 Å². The van der Waals surface area contributed by atoms with Gasteiger partial charge >= 0.3 is 0 Å². The van der Waals surface area contributed by atoms with Crippen LogP contribution in [0.5, 0.6) is 0 Å². The number of carbonyl (C=O) groups is 2. The Morgan fingerprint density at radius 2 is 1.72 bits per heavy atom. The van der Waals surface area contributed by atoms with Crippen molar-refractivity contribution in [3.63, 3.8) is 0 Å². The Kier molecular flexibility index (Phi) is 7.97. The summed E-state index contributed by atoms with van der Waals surface area (Å²) in [4.78, 5) is 42.5. The number of benzene rings is 1. The SMILES string of the molecule is CC(C)C(=O)Cc1ccc(C(=O)N2CC=C(c3cc(-c4cnc(N)nc4)nc(N4CCOCC4)c3)CC2)cc1. The molecule has 2 aliphatic rings. The van der Waals surface area contributed by atoms with Gasteiger partial charge in [-0.1, -0.05) is 32.1 Å². The second-order valence-corrected chi connectivity index (χ2v) is 10.3. The van der Waals surface area contributed by atoms with E-state index in [0.717, 1.165) is 47.7 Å². The highest BCUT2D eigenvalue weighted by atomic mass is 16.5. The standard InChI is InChI=1S/C30H34N6O3/c1-20(2)27(37)15-21-3-5-23(6-4-21)29(38)36-9-7-22(8-10-36)24-16-26(25-18-32-30(31)33-19-25)34-28(17-24)35-11-13-39-14-12-35/h3-7,16-20H,8-15H2,1-2H3,(H2,31,32,33). The van der Waals surface area contributed by atoms with Crippen molar-refractivity contribution in [2.45, 2.75) is 26.7 Å². The predicted molar refractivity (Wildman–Crippen MR) is 151 cm³/mol. The van der Waals surface area contributed by atoms with Gasteiger partial charge in [-0.3, -0.25) is 9.59 Å². The smallest absolute Gasteiger partial charge is 0.254 e. The Balaban J connectivity index is 1.34. The number of nitrogen functional groups attached to an aromatic ring is 1. The lowest BCUT2D eigenvalue weighted by Gasteiger charge is -2.30. The minimum Gasteiger partial charge on any atom is -0.378 e. The fourth-order valence-electron chi connectivity index (χ4n) is 4.74. The number of anilines is 2. The molecule has 3 aromatic rings. The highest BCUT2D eigenvalue weighted by Crippen LogP contribution is 2.30. The second-order valence-electron chi connectivity index (χ2n) is 10.3. The van der Waals surface area contributed by atoms with Crippen LogP contribution >= 0.6 is 0 Å². The van der Waals surface area contributed by atoms with E-state index in [2.05, 4.69) is 33.1 Å². The molecule has 202 valence electrons. The first-order valence-corrected chi connectivity index (χ1v) is 13.4. The van der Waals surface area contributed by atoms with Gasteiger partial charge in [0, 0.05) is 62.0 Å². The van der Waals surface area contributed by atoms with Crippen molar-refractivity contribution >= 4 is 29.0 Å². The van der Waals surface area contributed by atoms with E-state index in [1.165, 1.54) is 5.57 Å². The molecule has 5 rings (SSSR count). The highest BCUT2D eigenvalue weighted by Gasteiger charge is 2.22. The summed E-state index contributed by atoms with van der Waals surface area (Å²) in [6, 6.07) is 11.6. The molecule has 0 spiro atoms. The molecule has 0 bridgehead atoms. The molecule has 2 N–H and O–H groups in total. The first-order valence-electron chi connectivity index (χ1n) is 13.4. The van der Waals surface area contributed by atoms with Gasteiger partial charge in [-0.2, -0.15) is 0 Å². The zero-order valence-corrected chi connectivity index (χ0v) is 22.5. The van der Waals surface area contributed by atoms with Crippen LogP contribution in [-0.4, -0.2) is 70.9 Å². The molecule has 39 heavy (non-hydrogen) atoms. The molecule has 0 unspecified atom stereocenters. The lowest BCUT2D eigenvalue weighted by atomic mass is 9.97. The molecule has 0 aliphatic carbocycles. The number of morpholine rings is 1. The van der Waals surface area contributed by atoms with E-state index in [9.17, 15) is 9.59 Å². The average molecular weight is 527 g/mol. The number of amides is 1. The third kappa shape index (κ3) is 6.31. The monoisotopic (exact) mass is 526 g/mol. The van der Waals surface area contributed by atoms with E-state index in [1.807, 2.05) is 43.0 Å². The molecule has 0 saturated carbocycles. The Morgan fingerprint density at radius 1 is 1.00 bits per heavy atom. The van der Waals surface area contributed by atoms with Gasteiger partial charge in [0.2, 0.25) is 5.95 Å². The van der Waals surface area contributed by atoms with Crippen molar-refractivity contribution < 1.29 is 14.3 Å². The Hall–Kier alpha value is -4.11. The van der Waals surface area contributed by atoms with E-state index < -0.39 is 0 Å². The molecule has 1 amide bonds. The topological polar surface area (TPSA) is 115 Å². The molecular formula is C30H34N6O3. The van der Waals surface area contributed by atoms with Gasteiger partial charge in [-0.05, 0) is 47.4 Å². The molecule has 4 heterocycles. The second kappa shape index (κ2) is 11.7. The molecule has 2 aromatic heterocycles. The van der Waals surface area contributed by atoms with Crippen LogP contribution in [0, 0.1) is 5.92 Å². The number of rotatable bonds is 7. The van der Waals surface area contributed by atoms with Gasteiger partial charge in [0.25, 0.3) is 5.91 Å². The number of carbonyl (C=O) groups excluding carboxylic acids is 2. The largest absolute Gasteiger partial charge is 0.378 e. The van der Waals surface area contributed by atoms with Crippen LogP contribution in [0.3, 0.4) is 0 Å². The van der Waals surface area contributed by atoms with Crippen molar-refractivity contribution in [3.8, 4) is 11.3 Å². The molecule has 2 aliphatic heterocycles. The van der Waals surface area contributed by atoms with E-state index in [1.54, 1.807) is 12.4 Å². The van der Waals surface area contributed by atoms with Crippen molar-refractivity contribution in [1.29, 1.82) is 0 Å². The quantitative estimate of drug-likeness (QED) is 0.496. The fraction of sp³-hybridized carbons (Fsp3) is 0.367. The number of nitrogens with two attached hydrogens (primary N) is 1. The highest BCUT2D eigenvalue weighted by molar-refractivity contribution is 5.95. The summed E-state index contributed by atoms with van der Waals surface area (Å²) < 4.78 is 5.53. The van der Waals surface area contributed by atoms with E-state index in [-0.39, 0.29) is 23.6 Å². The van der Waals surface area contributed by atoms with E-state index >= 15 is 0 Å². The van der Waals surface area contributed by atoms with Crippen LogP contribution in [0.2, 0.25) is 0 Å². The number of hydrogen-bond donors (Lipinski definition) is 1. The van der Waals surface area contributed by atoms with Crippen molar-refractivity contribution in [2.75, 3.05) is 50.0 Å². The van der Waals surface area contributed by atoms with Crippen LogP contribution in [0.15, 0.2) is 54.9 Å². The maximum atomic E-state index is 13.2. The summed E-state index contributed by atoms with van der Waals surface area (Å²) in [5.74, 6) is 1.31. The summed E-state index contributed by atoms with van der Waals surface area (Å²) in [6.07, 6.45) is 6.63. The number of ketones is 1. The van der Waals surface area contributed by atoms with Crippen molar-refractivity contribution in [1.82, 2.24) is 19.9 Å². The number of hydrogen-bond acceptors (Lipinski definition) is 8. The number of pyridine rings is 1. The molecular weight excluding hydrogens is 492 g/mol. The number of Topliss-reactive ketones (excluding diaryl/α,β-unsaturated/α-hetero) is 1. The van der Waals surface area contributed by atoms with E-state index in [0.29, 0.717) is 38.3 Å². The van der Waals surface area contributed by atoms with Crippen LogP contribution in [0.1, 0.15) is 41.8 Å². The third-order valence-corrected chi connectivity index (χ3v) is 7.20. The zero-order valence-electron chi connectivity index (χ0n) is 22.5. The molecule has 9 nitrogen and oxygen atoms in total. The van der Waals surface area contributed by atoms with Gasteiger partial charge in [0.05, 0.1) is 18.9 Å². The van der Waals surface area contributed by atoms with Gasteiger partial charge in [-0.15, -0.1) is 0 Å². The molecule has 1 saturated heterocycles. The van der Waals surface area contributed by atoms with Crippen LogP contribution in [0.4, 0.5) is 11.8 Å². The zero-order chi connectivity index (χ0) is 27.4. The summed E-state index contributed by atoms with van der Waals surface area (Å²) in [6.45, 7) is 7.84. The average Bonchev–Trinajstić information content (AvgIpc) is 2.98. The molecule has 0 radical (unpaired) electrons. The van der Waals surface area contributed by atoms with Crippen LogP contribution < -0.4 is 10.6 Å². The van der Waals surface area contributed by atoms with Crippen LogP contribution in [0.25, 0.3) is 16.8 Å². The first-order chi connectivity index (χ1) is 18.9. The first kappa shape index (κ1) is 26.5. The van der Waals surface area contributed by atoms with Gasteiger partial charge < -0.3 is 20.3 Å². The van der Waals surface area contributed by atoms with Gasteiger partial charge in [0.15, 0.2) is 0 Å². The van der Waals surface area contributed by atoms with Crippen molar-refractivity contribution in [3.05, 3.63) is 71.6 Å². The minimum absolute atomic E-state index is 0.00175. The summed E-state index contributed by atoms with van der Waals surface area (Å²) in [5, 5.41) is 0. The molecule has 0 atom stereocenters. The minimum atomic E-state index is -0.00418. The maximum Gasteiger partial charge on any atom is 0.254 e. The fourth-order valence-corrected chi connectivity index (χ4v) is 4.74. The van der Waals surface area contributed by atoms with E-state index in [4.69, 9.17) is 15.5 Å². The number of ether oxygens (including phenoxy) is 1. The van der Waals surface area contributed by atoms with Gasteiger partial charge in [-0.25, -0.2) is 15.0 Å². The predicted octanol–water partition coefficient (Wildman–Crippen LogP) is 3.65. The Bertz CT molecular complexity index is 1360. The maximum absolute atomic E-state index is 13.2. The van der Waals surface area contributed by atoms with Crippen LogP contribution in [-0.2, 0) is 16.0 Å². The lowest BCUT2D eigenvalue weighted by molar-refractivity contribution is -0.121. The molecule has 9 heteroatoms. The summed E-state index contributed by atoms with van der Waals surface area (Å²) in [5.41, 5.74) is 11.1. The summed E-state index contributed by atoms with van der Waals surface area (Å²) in [7, 11) is 0.